The molecule has 0 atom stereocenters. The van der Waals surface area contributed by atoms with E-state index in [1.54, 1.807) is 0 Å². The lowest BCUT2D eigenvalue weighted by Crippen LogP contribution is -2.40. The Morgan fingerprint density at radius 3 is 1.60 bits per heavy atom. The average Bonchev–Trinajstić information content (AvgIpc) is 3.10. The van der Waals surface area contributed by atoms with E-state index in [1.807, 2.05) is 72.8 Å². The van der Waals surface area contributed by atoms with Crippen LogP contribution in [0, 0.1) is 0 Å². The molecule has 0 aliphatic carbocycles. The Labute approximate surface area is 259 Å². The summed E-state index contributed by atoms with van der Waals surface area (Å²) in [6.45, 7) is 0. The monoisotopic (exact) mass is 575 g/mol. The topological polar surface area (TPSA) is 37.4 Å². The summed E-state index contributed by atoms with van der Waals surface area (Å²) in [5.74, 6) is -0.612. The molecule has 1 heterocycles. The van der Waals surface area contributed by atoms with Crippen LogP contribution in [0.5, 0.6) is 0 Å². The van der Waals surface area contributed by atoms with E-state index in [0.717, 1.165) is 48.8 Å². The molecule has 0 saturated carbocycles. The zero-order valence-corrected chi connectivity index (χ0v) is 24.2. The molecular formula is C42H25NO2. The van der Waals surface area contributed by atoms with Gasteiger partial charge in [-0.2, -0.15) is 0 Å². The first kappa shape index (κ1) is 25.4. The number of benzene rings is 8. The second kappa shape index (κ2) is 9.73. The summed E-state index contributed by atoms with van der Waals surface area (Å²) < 4.78 is 0. The van der Waals surface area contributed by atoms with Gasteiger partial charge in [0, 0.05) is 16.5 Å². The quantitative estimate of drug-likeness (QED) is 0.155. The minimum Gasteiger partial charge on any atom is -0.268 e. The highest BCUT2D eigenvalue weighted by Gasteiger charge is 2.35. The van der Waals surface area contributed by atoms with Crippen LogP contribution in [-0.2, 0) is 0 Å². The van der Waals surface area contributed by atoms with Crippen molar-refractivity contribution in [3.8, 4) is 22.3 Å². The Morgan fingerprint density at radius 1 is 0.378 bits per heavy atom. The summed E-state index contributed by atoms with van der Waals surface area (Å²) in [6, 6.07) is 51.0. The Morgan fingerprint density at radius 2 is 0.911 bits per heavy atom. The first-order valence-corrected chi connectivity index (χ1v) is 15.1. The van der Waals surface area contributed by atoms with Crippen LogP contribution in [0.1, 0.15) is 20.7 Å². The molecule has 3 nitrogen and oxygen atoms in total. The number of carbonyl (C=O) groups is 2. The van der Waals surface area contributed by atoms with E-state index >= 15 is 0 Å². The van der Waals surface area contributed by atoms with Crippen molar-refractivity contribution in [3.63, 3.8) is 0 Å². The van der Waals surface area contributed by atoms with E-state index in [9.17, 15) is 9.59 Å². The predicted molar refractivity (Wildman–Crippen MR) is 185 cm³/mol. The van der Waals surface area contributed by atoms with Crippen molar-refractivity contribution in [3.05, 3.63) is 163 Å². The molecule has 0 N–H and O–H groups in total. The van der Waals surface area contributed by atoms with Gasteiger partial charge in [0.25, 0.3) is 11.8 Å². The van der Waals surface area contributed by atoms with E-state index in [4.69, 9.17) is 0 Å². The molecule has 8 aromatic rings. The van der Waals surface area contributed by atoms with Crippen molar-refractivity contribution in [2.45, 2.75) is 0 Å². The van der Waals surface area contributed by atoms with Gasteiger partial charge >= 0.3 is 0 Å². The standard InChI is InChI=1S/C42H25NO2/c44-41-36-20-10-19-34-35(23-24-37(40(34)36)42(45)43(41)29-22-21-26-11-4-5-14-28(26)25-29)39-32-17-8-6-15-30(32)38(27-12-2-1-3-13-27)31-16-7-9-18-33(31)39/h1-25H. The zero-order chi connectivity index (χ0) is 30.1. The van der Waals surface area contributed by atoms with Crippen LogP contribution in [0.15, 0.2) is 152 Å². The summed E-state index contributed by atoms with van der Waals surface area (Å²) >= 11 is 0. The van der Waals surface area contributed by atoms with Crippen molar-refractivity contribution in [2.24, 2.45) is 0 Å². The maximum atomic E-state index is 14.1. The molecule has 3 heteroatoms. The number of nitrogens with zero attached hydrogens (tertiary/aromatic N) is 1. The Hall–Kier alpha value is -6.06. The lowest BCUT2D eigenvalue weighted by Gasteiger charge is -2.28. The molecule has 1 aliphatic rings. The second-order valence-corrected chi connectivity index (χ2v) is 11.6. The van der Waals surface area contributed by atoms with E-state index in [-0.39, 0.29) is 11.8 Å². The lowest BCUT2D eigenvalue weighted by atomic mass is 9.83. The van der Waals surface area contributed by atoms with Crippen LogP contribution in [0.3, 0.4) is 0 Å². The highest BCUT2D eigenvalue weighted by molar-refractivity contribution is 6.37. The Balaban J connectivity index is 1.31. The fourth-order valence-corrected chi connectivity index (χ4v) is 7.20. The molecule has 210 valence electrons. The molecule has 0 spiro atoms. The fourth-order valence-electron chi connectivity index (χ4n) is 7.20. The minimum absolute atomic E-state index is 0.306. The van der Waals surface area contributed by atoms with Crippen molar-refractivity contribution >= 4 is 60.6 Å². The zero-order valence-electron chi connectivity index (χ0n) is 24.2. The molecule has 0 aromatic heterocycles. The summed E-state index contributed by atoms with van der Waals surface area (Å²) in [4.78, 5) is 29.6. The predicted octanol–water partition coefficient (Wildman–Crippen LogP) is 10.4. The normalized spacial score (nSPS) is 12.9. The smallest absolute Gasteiger partial charge is 0.265 e. The second-order valence-electron chi connectivity index (χ2n) is 11.6. The number of carbonyl (C=O) groups excluding carboxylic acids is 2. The first-order valence-electron chi connectivity index (χ1n) is 15.1. The van der Waals surface area contributed by atoms with Gasteiger partial charge in [-0.15, -0.1) is 0 Å². The summed E-state index contributed by atoms with van der Waals surface area (Å²) in [5.41, 5.74) is 6.11. The SMILES string of the molecule is O=C1c2cccc3c(-c4c5ccccc5c(-c5ccccc5)c5ccccc45)ccc(c23)C(=O)N1c1ccc2ccccc2c1. The molecule has 0 radical (unpaired) electrons. The van der Waals surface area contributed by atoms with E-state index in [1.165, 1.54) is 16.0 Å². The lowest BCUT2D eigenvalue weighted by molar-refractivity contribution is 0.0893. The summed E-state index contributed by atoms with van der Waals surface area (Å²) in [7, 11) is 0. The molecule has 2 amide bonds. The van der Waals surface area contributed by atoms with Crippen molar-refractivity contribution in [1.82, 2.24) is 0 Å². The third kappa shape index (κ3) is 3.71. The molecule has 8 aromatic carbocycles. The first-order chi connectivity index (χ1) is 22.2. The molecule has 0 fully saturated rings. The van der Waals surface area contributed by atoms with Crippen LogP contribution < -0.4 is 4.90 Å². The van der Waals surface area contributed by atoms with Crippen LogP contribution >= 0.6 is 0 Å². The molecule has 0 unspecified atom stereocenters. The van der Waals surface area contributed by atoms with Crippen LogP contribution in [0.4, 0.5) is 5.69 Å². The third-order valence-electron chi connectivity index (χ3n) is 9.16. The van der Waals surface area contributed by atoms with Gasteiger partial charge in [-0.1, -0.05) is 127 Å². The van der Waals surface area contributed by atoms with Crippen molar-refractivity contribution in [1.29, 1.82) is 0 Å². The summed E-state index contributed by atoms with van der Waals surface area (Å²) in [5, 5.41) is 8.22. The van der Waals surface area contributed by atoms with E-state index in [2.05, 4.69) is 78.9 Å². The van der Waals surface area contributed by atoms with Crippen LogP contribution in [0.2, 0.25) is 0 Å². The highest BCUT2D eigenvalue weighted by atomic mass is 16.2. The van der Waals surface area contributed by atoms with Gasteiger partial charge in [0.1, 0.15) is 0 Å². The van der Waals surface area contributed by atoms with Gasteiger partial charge in [0.2, 0.25) is 0 Å². The minimum atomic E-state index is -0.306. The highest BCUT2D eigenvalue weighted by Crippen LogP contribution is 2.46. The number of hydrogen-bond donors (Lipinski definition) is 0. The van der Waals surface area contributed by atoms with Crippen LogP contribution in [-0.4, -0.2) is 11.8 Å². The largest absolute Gasteiger partial charge is 0.268 e. The van der Waals surface area contributed by atoms with Gasteiger partial charge in [0.05, 0.1) is 5.69 Å². The maximum Gasteiger partial charge on any atom is 0.265 e. The third-order valence-corrected chi connectivity index (χ3v) is 9.16. The number of fused-ring (bicyclic) bond motifs is 3. The number of anilines is 1. The molecule has 1 aliphatic heterocycles. The van der Waals surface area contributed by atoms with E-state index < -0.39 is 0 Å². The molecular weight excluding hydrogens is 550 g/mol. The Kier molecular flexibility index (Phi) is 5.50. The molecule has 45 heavy (non-hydrogen) atoms. The van der Waals surface area contributed by atoms with Gasteiger partial charge in [-0.05, 0) is 84.2 Å². The molecule has 9 rings (SSSR count). The number of hydrogen-bond acceptors (Lipinski definition) is 2. The van der Waals surface area contributed by atoms with E-state index in [0.29, 0.717) is 22.2 Å². The number of amides is 2. The van der Waals surface area contributed by atoms with Gasteiger partial charge < -0.3 is 0 Å². The van der Waals surface area contributed by atoms with Gasteiger partial charge in [-0.3, -0.25) is 9.59 Å². The van der Waals surface area contributed by atoms with Crippen molar-refractivity contribution < 1.29 is 9.59 Å². The summed E-state index contributed by atoms with van der Waals surface area (Å²) in [6.07, 6.45) is 0. The molecule has 0 saturated heterocycles. The molecule has 0 bridgehead atoms. The van der Waals surface area contributed by atoms with Crippen LogP contribution in [0.25, 0.3) is 65.3 Å². The van der Waals surface area contributed by atoms with Gasteiger partial charge in [-0.25, -0.2) is 4.90 Å². The van der Waals surface area contributed by atoms with Crippen molar-refractivity contribution in [2.75, 3.05) is 4.90 Å². The van der Waals surface area contributed by atoms with Gasteiger partial charge in [0.15, 0.2) is 0 Å². The average molecular weight is 576 g/mol. The fraction of sp³-hybridized carbons (Fsp3) is 0. The maximum absolute atomic E-state index is 14.1. The number of imide groups is 1. The Bertz CT molecular complexity index is 2450. The number of rotatable bonds is 3.